The molecular weight excluding hydrogens is 472 g/mol. The van der Waals surface area contributed by atoms with Gasteiger partial charge in [0.05, 0.1) is 19.2 Å². The lowest BCUT2D eigenvalue weighted by atomic mass is 10.0. The molecule has 0 bridgehead atoms. The van der Waals surface area contributed by atoms with Crippen LogP contribution in [0.2, 0.25) is 0 Å². The van der Waals surface area contributed by atoms with Crippen molar-refractivity contribution in [2.24, 2.45) is 0 Å². The number of ether oxygens (including phenoxy) is 1. The third kappa shape index (κ3) is 6.02. The number of carbonyl (C=O) groups excluding carboxylic acids is 1. The fourth-order valence-electron chi connectivity index (χ4n) is 3.66. The van der Waals surface area contributed by atoms with E-state index in [2.05, 4.69) is 5.32 Å². The molecule has 2 amide bonds. The Hall–Kier alpha value is -4.33. The highest BCUT2D eigenvalue weighted by Gasteiger charge is 2.30. The van der Waals surface area contributed by atoms with E-state index < -0.39 is 23.6 Å². The average molecular weight is 494 g/mol. The van der Waals surface area contributed by atoms with Crippen LogP contribution in [0, 0.1) is 5.82 Å². The highest BCUT2D eigenvalue weighted by atomic mass is 19.4. The molecule has 0 fully saturated rings. The molecule has 4 rings (SSSR count). The van der Waals surface area contributed by atoms with Crippen molar-refractivity contribution in [3.8, 4) is 16.9 Å². The number of alkyl halides is 3. The van der Waals surface area contributed by atoms with Gasteiger partial charge in [0, 0.05) is 11.4 Å². The molecule has 8 heteroatoms. The number of carbonyl (C=O) groups is 1. The van der Waals surface area contributed by atoms with Gasteiger partial charge in [-0.15, -0.1) is 0 Å². The number of nitrogens with zero attached hydrogens (tertiary/aromatic N) is 1. The summed E-state index contributed by atoms with van der Waals surface area (Å²) >= 11 is 0. The van der Waals surface area contributed by atoms with Crippen molar-refractivity contribution < 1.29 is 27.1 Å². The van der Waals surface area contributed by atoms with Gasteiger partial charge in [0.2, 0.25) is 0 Å². The first-order valence-electron chi connectivity index (χ1n) is 11.0. The lowest BCUT2D eigenvalue weighted by molar-refractivity contribution is -0.137. The van der Waals surface area contributed by atoms with E-state index >= 15 is 0 Å². The van der Waals surface area contributed by atoms with E-state index in [1.807, 2.05) is 48.5 Å². The molecule has 0 aliphatic carbocycles. The minimum absolute atomic E-state index is 0.0221. The van der Waals surface area contributed by atoms with Crippen LogP contribution in [0.1, 0.15) is 11.1 Å². The van der Waals surface area contributed by atoms with Crippen LogP contribution in [0.5, 0.6) is 5.75 Å². The predicted molar refractivity (Wildman–Crippen MR) is 131 cm³/mol. The monoisotopic (exact) mass is 494 g/mol. The molecule has 4 aromatic carbocycles. The Kier molecular flexibility index (Phi) is 7.24. The van der Waals surface area contributed by atoms with Crippen LogP contribution in [-0.4, -0.2) is 13.1 Å². The van der Waals surface area contributed by atoms with Crippen LogP contribution in [0.4, 0.5) is 33.7 Å². The second-order valence-electron chi connectivity index (χ2n) is 8.00. The van der Waals surface area contributed by atoms with Gasteiger partial charge in [-0.05, 0) is 65.2 Å². The van der Waals surface area contributed by atoms with Gasteiger partial charge < -0.3 is 10.1 Å². The summed E-state index contributed by atoms with van der Waals surface area (Å²) in [6.07, 6.45) is -4.55. The summed E-state index contributed by atoms with van der Waals surface area (Å²) in [5.74, 6) is 0.201. The standard InChI is InChI=1S/C28H22F4N2O2/c1-36-26-14-12-21(13-15-26)20-10-8-19(9-11-20)18-34(25-7-3-5-23(29)17-25)27(35)33-24-6-2-4-22(16-24)28(30,31)32/h2-17H,18H2,1H3,(H,33,35). The van der Waals surface area contributed by atoms with E-state index in [1.165, 1.54) is 35.2 Å². The van der Waals surface area contributed by atoms with Gasteiger partial charge in [0.25, 0.3) is 0 Å². The molecule has 184 valence electrons. The molecule has 0 atom stereocenters. The number of benzene rings is 4. The molecule has 0 saturated carbocycles. The van der Waals surface area contributed by atoms with Gasteiger partial charge in [0.1, 0.15) is 11.6 Å². The summed E-state index contributed by atoms with van der Waals surface area (Å²) in [6, 6.07) is 24.1. The fraction of sp³-hybridized carbons (Fsp3) is 0.107. The first kappa shape index (κ1) is 24.8. The molecule has 0 unspecified atom stereocenters. The van der Waals surface area contributed by atoms with Crippen molar-refractivity contribution in [1.82, 2.24) is 0 Å². The van der Waals surface area contributed by atoms with Gasteiger partial charge in [-0.25, -0.2) is 9.18 Å². The van der Waals surface area contributed by atoms with Gasteiger partial charge in [-0.3, -0.25) is 4.90 Å². The van der Waals surface area contributed by atoms with E-state index in [0.29, 0.717) is 0 Å². The number of urea groups is 1. The summed E-state index contributed by atoms with van der Waals surface area (Å²) in [4.78, 5) is 14.4. The first-order chi connectivity index (χ1) is 17.2. The van der Waals surface area contributed by atoms with Crippen LogP contribution in [0.3, 0.4) is 0 Å². The SMILES string of the molecule is COc1ccc(-c2ccc(CN(C(=O)Nc3cccc(C(F)(F)F)c3)c3cccc(F)c3)cc2)cc1. The lowest BCUT2D eigenvalue weighted by Crippen LogP contribution is -2.34. The highest BCUT2D eigenvalue weighted by molar-refractivity contribution is 6.01. The Morgan fingerprint density at radius 2 is 1.50 bits per heavy atom. The second kappa shape index (κ2) is 10.5. The van der Waals surface area contributed by atoms with Gasteiger partial charge >= 0.3 is 12.2 Å². The molecule has 1 N–H and O–H groups in total. The van der Waals surface area contributed by atoms with Crippen molar-refractivity contribution in [3.05, 3.63) is 114 Å². The summed E-state index contributed by atoms with van der Waals surface area (Å²) in [7, 11) is 1.59. The fourth-order valence-corrected chi connectivity index (χ4v) is 3.66. The third-order valence-electron chi connectivity index (χ3n) is 5.52. The van der Waals surface area contributed by atoms with E-state index in [4.69, 9.17) is 4.74 Å². The van der Waals surface area contributed by atoms with Crippen LogP contribution in [0.15, 0.2) is 97.1 Å². The van der Waals surface area contributed by atoms with Gasteiger partial charge in [-0.2, -0.15) is 13.2 Å². The molecule has 4 nitrogen and oxygen atoms in total. The number of hydrogen-bond donors (Lipinski definition) is 1. The second-order valence-corrected chi connectivity index (χ2v) is 8.00. The normalized spacial score (nSPS) is 11.1. The Balaban J connectivity index is 1.58. The Bertz CT molecular complexity index is 1340. The smallest absolute Gasteiger partial charge is 0.416 e. The molecule has 0 aliphatic heterocycles. The maximum absolute atomic E-state index is 13.9. The summed E-state index contributed by atoms with van der Waals surface area (Å²) in [5.41, 5.74) is 2.03. The molecule has 0 radical (unpaired) electrons. The zero-order chi connectivity index (χ0) is 25.7. The largest absolute Gasteiger partial charge is 0.497 e. The van der Waals surface area contributed by atoms with Crippen LogP contribution in [-0.2, 0) is 12.7 Å². The Morgan fingerprint density at radius 3 is 2.11 bits per heavy atom. The van der Waals surface area contributed by atoms with Gasteiger partial charge in [0.15, 0.2) is 0 Å². The van der Waals surface area contributed by atoms with Crippen LogP contribution in [0.25, 0.3) is 11.1 Å². The summed E-state index contributed by atoms with van der Waals surface area (Å²) in [5, 5.41) is 2.49. The molecule has 0 aromatic heterocycles. The molecule has 0 spiro atoms. The maximum Gasteiger partial charge on any atom is 0.416 e. The number of halogens is 4. The lowest BCUT2D eigenvalue weighted by Gasteiger charge is -2.24. The summed E-state index contributed by atoms with van der Waals surface area (Å²) < 4.78 is 58.4. The molecule has 36 heavy (non-hydrogen) atoms. The van der Waals surface area contributed by atoms with E-state index in [0.717, 1.165) is 34.6 Å². The molecule has 4 aromatic rings. The van der Waals surface area contributed by atoms with Gasteiger partial charge in [-0.1, -0.05) is 48.5 Å². The zero-order valence-corrected chi connectivity index (χ0v) is 19.2. The molecule has 0 aliphatic rings. The zero-order valence-electron chi connectivity index (χ0n) is 19.2. The third-order valence-corrected chi connectivity index (χ3v) is 5.52. The molecular formula is C28H22F4N2O2. The Morgan fingerprint density at radius 1 is 0.861 bits per heavy atom. The number of rotatable bonds is 6. The number of hydrogen-bond acceptors (Lipinski definition) is 2. The summed E-state index contributed by atoms with van der Waals surface area (Å²) in [6.45, 7) is 0.0666. The van der Waals surface area contributed by atoms with Crippen molar-refractivity contribution in [3.63, 3.8) is 0 Å². The minimum Gasteiger partial charge on any atom is -0.497 e. The predicted octanol–water partition coefficient (Wildman–Crippen LogP) is 7.76. The van der Waals surface area contributed by atoms with E-state index in [9.17, 15) is 22.4 Å². The first-order valence-corrected chi connectivity index (χ1v) is 11.0. The highest BCUT2D eigenvalue weighted by Crippen LogP contribution is 2.31. The van der Waals surface area contributed by atoms with E-state index in [1.54, 1.807) is 13.2 Å². The number of amides is 2. The Labute approximate surface area is 205 Å². The average Bonchev–Trinajstić information content (AvgIpc) is 2.87. The number of nitrogens with one attached hydrogen (secondary N) is 1. The molecule has 0 saturated heterocycles. The van der Waals surface area contributed by atoms with Crippen molar-refractivity contribution in [2.75, 3.05) is 17.3 Å². The quantitative estimate of drug-likeness (QED) is 0.278. The van der Waals surface area contributed by atoms with E-state index in [-0.39, 0.29) is 17.9 Å². The minimum atomic E-state index is -4.55. The molecule has 0 heterocycles. The maximum atomic E-state index is 13.9. The van der Waals surface area contributed by atoms with Crippen LogP contribution >= 0.6 is 0 Å². The van der Waals surface area contributed by atoms with Crippen LogP contribution < -0.4 is 15.0 Å². The number of anilines is 2. The number of methoxy groups -OCH3 is 1. The van der Waals surface area contributed by atoms with Crippen molar-refractivity contribution in [2.45, 2.75) is 12.7 Å². The van der Waals surface area contributed by atoms with Crippen molar-refractivity contribution >= 4 is 17.4 Å². The topological polar surface area (TPSA) is 41.6 Å². The van der Waals surface area contributed by atoms with Crippen molar-refractivity contribution in [1.29, 1.82) is 0 Å².